The number of nitrogens with zero attached hydrogens (tertiary/aromatic N) is 2. The predicted molar refractivity (Wildman–Crippen MR) is 102 cm³/mol. The third kappa shape index (κ3) is 4.18. The molecule has 0 aliphatic carbocycles. The maximum Gasteiger partial charge on any atom is 0.184 e. The molecular formula is C20H22N2O2S. The number of aromatic nitrogens is 2. The Hall–Kier alpha value is -2.37. The van der Waals surface area contributed by atoms with Crippen molar-refractivity contribution in [3.05, 3.63) is 76.8 Å². The van der Waals surface area contributed by atoms with E-state index in [-0.39, 0.29) is 6.61 Å². The largest absolute Gasteiger partial charge is 0.491 e. The van der Waals surface area contributed by atoms with Gasteiger partial charge >= 0.3 is 0 Å². The molecule has 0 radical (unpaired) electrons. The maximum absolute atomic E-state index is 10.3. The van der Waals surface area contributed by atoms with E-state index in [1.807, 2.05) is 83.9 Å². The Morgan fingerprint density at radius 2 is 1.84 bits per heavy atom. The van der Waals surface area contributed by atoms with Crippen molar-refractivity contribution in [2.75, 3.05) is 6.61 Å². The van der Waals surface area contributed by atoms with Crippen molar-refractivity contribution in [1.82, 2.24) is 9.13 Å². The highest BCUT2D eigenvalue weighted by atomic mass is 32.1. The van der Waals surface area contributed by atoms with Crippen LogP contribution >= 0.6 is 12.2 Å². The van der Waals surface area contributed by atoms with Gasteiger partial charge in [0.1, 0.15) is 18.5 Å². The van der Waals surface area contributed by atoms with Crippen LogP contribution in [0.25, 0.3) is 5.69 Å². The summed E-state index contributed by atoms with van der Waals surface area (Å²) in [6.07, 6.45) is 3.16. The van der Waals surface area contributed by atoms with Gasteiger partial charge in [0.25, 0.3) is 0 Å². The van der Waals surface area contributed by atoms with Gasteiger partial charge in [-0.05, 0) is 55.4 Å². The molecule has 0 fully saturated rings. The molecule has 1 heterocycles. The number of hydrogen-bond acceptors (Lipinski definition) is 3. The third-order valence-electron chi connectivity index (χ3n) is 4.06. The summed E-state index contributed by atoms with van der Waals surface area (Å²) in [5, 5.41) is 10.3. The molecule has 1 unspecified atom stereocenters. The van der Waals surface area contributed by atoms with Crippen molar-refractivity contribution in [3.63, 3.8) is 0 Å². The van der Waals surface area contributed by atoms with Gasteiger partial charge in [-0.2, -0.15) is 0 Å². The highest BCUT2D eigenvalue weighted by Crippen LogP contribution is 2.19. The Bertz CT molecular complexity index is 900. The lowest BCUT2D eigenvalue weighted by Gasteiger charge is -2.15. The van der Waals surface area contributed by atoms with E-state index in [4.69, 9.17) is 17.0 Å². The molecule has 1 atom stereocenters. The molecule has 5 heteroatoms. The average molecular weight is 354 g/mol. The van der Waals surface area contributed by atoms with Gasteiger partial charge in [0, 0.05) is 18.1 Å². The third-order valence-corrected chi connectivity index (χ3v) is 4.50. The molecular weight excluding hydrogens is 332 g/mol. The Balaban J connectivity index is 1.66. The molecule has 0 amide bonds. The van der Waals surface area contributed by atoms with Gasteiger partial charge in [-0.25, -0.2) is 0 Å². The summed E-state index contributed by atoms with van der Waals surface area (Å²) in [7, 11) is 0. The van der Waals surface area contributed by atoms with Crippen LogP contribution in [0.4, 0.5) is 0 Å². The van der Waals surface area contributed by atoms with Crippen LogP contribution in [0, 0.1) is 18.6 Å². The van der Waals surface area contributed by atoms with Crippen molar-refractivity contribution in [1.29, 1.82) is 0 Å². The second-order valence-corrected chi connectivity index (χ2v) is 6.54. The highest BCUT2D eigenvalue weighted by molar-refractivity contribution is 7.71. The topological polar surface area (TPSA) is 39.3 Å². The van der Waals surface area contributed by atoms with Crippen LogP contribution in [0.2, 0.25) is 0 Å². The zero-order valence-electron chi connectivity index (χ0n) is 14.4. The first-order chi connectivity index (χ1) is 12.0. The monoisotopic (exact) mass is 354 g/mol. The first kappa shape index (κ1) is 17.5. The SMILES string of the molecule is Cc1ccc(C)c(OCC(O)Cn2ccn(-c3ccccc3)c2=S)c1. The summed E-state index contributed by atoms with van der Waals surface area (Å²) in [4.78, 5) is 0. The lowest BCUT2D eigenvalue weighted by molar-refractivity contribution is 0.0917. The van der Waals surface area contributed by atoms with Crippen molar-refractivity contribution >= 4 is 12.2 Å². The Labute approximate surface area is 152 Å². The van der Waals surface area contributed by atoms with Gasteiger partial charge in [0.05, 0.1) is 6.54 Å². The number of ether oxygens (including phenoxy) is 1. The second kappa shape index (κ2) is 7.68. The van der Waals surface area contributed by atoms with E-state index in [0.29, 0.717) is 11.3 Å². The number of para-hydroxylation sites is 1. The van der Waals surface area contributed by atoms with Crippen LogP contribution in [0.3, 0.4) is 0 Å². The van der Waals surface area contributed by atoms with Gasteiger partial charge in [-0.1, -0.05) is 30.3 Å². The Kier molecular flexibility index (Phi) is 5.36. The van der Waals surface area contributed by atoms with Gasteiger partial charge < -0.3 is 14.4 Å². The number of aliphatic hydroxyl groups is 1. The predicted octanol–water partition coefficient (Wildman–Crippen LogP) is 4.07. The van der Waals surface area contributed by atoms with Crippen LogP contribution in [0.15, 0.2) is 60.9 Å². The number of imidazole rings is 1. The molecule has 0 saturated heterocycles. The number of aliphatic hydroxyl groups excluding tert-OH is 1. The fourth-order valence-electron chi connectivity index (χ4n) is 2.67. The summed E-state index contributed by atoms with van der Waals surface area (Å²) >= 11 is 5.52. The van der Waals surface area contributed by atoms with Crippen LogP contribution < -0.4 is 4.74 Å². The molecule has 0 bridgehead atoms. The van der Waals surface area contributed by atoms with E-state index in [9.17, 15) is 5.11 Å². The smallest absolute Gasteiger partial charge is 0.184 e. The molecule has 25 heavy (non-hydrogen) atoms. The number of hydrogen-bond donors (Lipinski definition) is 1. The summed E-state index contributed by atoms with van der Waals surface area (Å²) in [5.74, 6) is 0.810. The van der Waals surface area contributed by atoms with Crippen LogP contribution in [-0.4, -0.2) is 27.0 Å². The van der Waals surface area contributed by atoms with E-state index in [0.717, 1.165) is 22.6 Å². The molecule has 0 spiro atoms. The minimum absolute atomic E-state index is 0.225. The molecule has 3 rings (SSSR count). The first-order valence-electron chi connectivity index (χ1n) is 8.26. The van der Waals surface area contributed by atoms with Gasteiger partial charge in [0.15, 0.2) is 4.77 Å². The molecule has 0 aliphatic heterocycles. The Morgan fingerprint density at radius 3 is 2.60 bits per heavy atom. The summed E-state index contributed by atoms with van der Waals surface area (Å²) in [6, 6.07) is 16.0. The van der Waals surface area contributed by atoms with Crippen LogP contribution in [-0.2, 0) is 6.54 Å². The minimum atomic E-state index is -0.641. The molecule has 4 nitrogen and oxygen atoms in total. The maximum atomic E-state index is 10.3. The van der Waals surface area contributed by atoms with Crippen molar-refractivity contribution in [2.24, 2.45) is 0 Å². The zero-order valence-corrected chi connectivity index (χ0v) is 15.2. The molecule has 3 aromatic rings. The molecule has 130 valence electrons. The van der Waals surface area contributed by atoms with E-state index >= 15 is 0 Å². The van der Waals surface area contributed by atoms with Gasteiger partial charge in [-0.15, -0.1) is 0 Å². The minimum Gasteiger partial charge on any atom is -0.491 e. The van der Waals surface area contributed by atoms with E-state index in [1.165, 1.54) is 0 Å². The summed E-state index contributed by atoms with van der Waals surface area (Å²) in [6.45, 7) is 4.64. The molecule has 0 aliphatic rings. The quantitative estimate of drug-likeness (QED) is 0.679. The van der Waals surface area contributed by atoms with Crippen LogP contribution in [0.1, 0.15) is 11.1 Å². The lowest BCUT2D eigenvalue weighted by atomic mass is 10.1. The average Bonchev–Trinajstić information content (AvgIpc) is 2.97. The normalized spacial score (nSPS) is 12.1. The highest BCUT2D eigenvalue weighted by Gasteiger charge is 2.10. The van der Waals surface area contributed by atoms with Gasteiger partial charge in [0.2, 0.25) is 0 Å². The standard InChI is InChI=1S/C20H22N2O2S/c1-15-8-9-16(2)19(12-15)24-14-18(23)13-21-10-11-22(20(21)25)17-6-4-3-5-7-17/h3-12,18,23H,13-14H2,1-2H3. The molecule has 0 saturated carbocycles. The van der Waals surface area contributed by atoms with Crippen molar-refractivity contribution in [3.8, 4) is 11.4 Å². The summed E-state index contributed by atoms with van der Waals surface area (Å²) in [5.41, 5.74) is 3.20. The van der Waals surface area contributed by atoms with Crippen LogP contribution in [0.5, 0.6) is 5.75 Å². The fraction of sp³-hybridized carbons (Fsp3) is 0.250. The zero-order chi connectivity index (χ0) is 17.8. The molecule has 1 N–H and O–H groups in total. The van der Waals surface area contributed by atoms with E-state index in [2.05, 4.69) is 0 Å². The number of benzene rings is 2. The van der Waals surface area contributed by atoms with E-state index < -0.39 is 6.10 Å². The van der Waals surface area contributed by atoms with Crippen molar-refractivity contribution in [2.45, 2.75) is 26.5 Å². The Morgan fingerprint density at radius 1 is 1.08 bits per heavy atom. The molecule has 2 aromatic carbocycles. The summed E-state index contributed by atoms with van der Waals surface area (Å²) < 4.78 is 10.2. The lowest BCUT2D eigenvalue weighted by Crippen LogP contribution is -2.23. The fourth-order valence-corrected chi connectivity index (χ4v) is 2.97. The second-order valence-electron chi connectivity index (χ2n) is 6.17. The number of aryl methyl sites for hydroxylation is 2. The van der Waals surface area contributed by atoms with Crippen molar-refractivity contribution < 1.29 is 9.84 Å². The van der Waals surface area contributed by atoms with E-state index in [1.54, 1.807) is 0 Å². The number of rotatable bonds is 6. The first-order valence-corrected chi connectivity index (χ1v) is 8.67. The van der Waals surface area contributed by atoms with Gasteiger partial charge in [-0.3, -0.25) is 4.57 Å². The molecule has 1 aromatic heterocycles.